The number of esters is 1. The monoisotopic (exact) mass is 242 g/mol. The second-order valence-electron chi connectivity index (χ2n) is 5.32. The van der Waals surface area contributed by atoms with Crippen molar-refractivity contribution in [3.8, 4) is 0 Å². The minimum Gasteiger partial charge on any atom is -0.466 e. The van der Waals surface area contributed by atoms with E-state index >= 15 is 0 Å². The molecule has 5 nitrogen and oxygen atoms in total. The third-order valence-corrected chi connectivity index (χ3v) is 2.92. The lowest BCUT2D eigenvalue weighted by molar-refractivity contribution is -0.144. The highest BCUT2D eigenvalue weighted by Gasteiger charge is 2.48. The molecule has 1 amide bonds. The minimum absolute atomic E-state index is 0.0202. The molecule has 1 fully saturated rings. The van der Waals surface area contributed by atoms with Crippen molar-refractivity contribution >= 4 is 11.9 Å². The lowest BCUT2D eigenvalue weighted by Gasteiger charge is -2.30. The molecule has 1 heterocycles. The van der Waals surface area contributed by atoms with E-state index in [4.69, 9.17) is 4.74 Å². The van der Waals surface area contributed by atoms with Crippen molar-refractivity contribution in [1.29, 1.82) is 0 Å². The number of hydrogen-bond donors (Lipinski definition) is 1. The fraction of sp³-hybridized carbons (Fsp3) is 0.833. The summed E-state index contributed by atoms with van der Waals surface area (Å²) in [5.74, 6) is -0.243. The van der Waals surface area contributed by atoms with Gasteiger partial charge in [0.1, 0.15) is 0 Å². The van der Waals surface area contributed by atoms with Crippen molar-refractivity contribution in [2.75, 3.05) is 13.2 Å². The average Bonchev–Trinajstić information content (AvgIpc) is 2.30. The molecule has 0 aromatic heterocycles. The van der Waals surface area contributed by atoms with Gasteiger partial charge in [0.25, 0.3) is 0 Å². The van der Waals surface area contributed by atoms with E-state index in [9.17, 15) is 9.59 Å². The van der Waals surface area contributed by atoms with Crippen molar-refractivity contribution in [3.05, 3.63) is 0 Å². The molecule has 0 aliphatic carbocycles. The van der Waals surface area contributed by atoms with E-state index in [1.165, 1.54) is 0 Å². The molecule has 0 atom stereocenters. The zero-order chi connectivity index (χ0) is 13.3. The van der Waals surface area contributed by atoms with Crippen LogP contribution in [0.3, 0.4) is 0 Å². The maximum atomic E-state index is 12.1. The fourth-order valence-corrected chi connectivity index (χ4v) is 2.29. The van der Waals surface area contributed by atoms with Gasteiger partial charge in [0.15, 0.2) is 0 Å². The summed E-state index contributed by atoms with van der Waals surface area (Å²) < 4.78 is 4.86. The predicted octanol–water partition coefficient (Wildman–Crippen LogP) is 0.886. The maximum Gasteiger partial charge on any atom is 0.307 e. The van der Waals surface area contributed by atoms with Crippen LogP contribution in [0.25, 0.3) is 0 Å². The zero-order valence-corrected chi connectivity index (χ0v) is 11.3. The van der Waals surface area contributed by atoms with Crippen LogP contribution in [0.5, 0.6) is 0 Å². The molecule has 0 aromatic carbocycles. The summed E-state index contributed by atoms with van der Waals surface area (Å²) >= 11 is 0. The minimum atomic E-state index is -0.571. The number of carbonyl (C=O) groups is 2. The van der Waals surface area contributed by atoms with E-state index in [1.54, 1.807) is 11.8 Å². The standard InChI is InChI=1S/C12H22N2O3/c1-6-17-9(15)7-8-14-10(16)11(2,3)13-12(14,4)5/h13H,6-8H2,1-5H3. The molecule has 98 valence electrons. The van der Waals surface area contributed by atoms with Crippen molar-refractivity contribution < 1.29 is 14.3 Å². The van der Waals surface area contributed by atoms with E-state index in [-0.39, 0.29) is 18.3 Å². The van der Waals surface area contributed by atoms with Crippen LogP contribution in [0.1, 0.15) is 41.0 Å². The first-order valence-electron chi connectivity index (χ1n) is 5.98. The second-order valence-corrected chi connectivity index (χ2v) is 5.32. The molecular formula is C12H22N2O3. The lowest BCUT2D eigenvalue weighted by Crippen LogP contribution is -2.49. The summed E-state index contributed by atoms with van der Waals surface area (Å²) in [6, 6.07) is 0. The topological polar surface area (TPSA) is 58.6 Å². The van der Waals surface area contributed by atoms with Gasteiger partial charge in [0.05, 0.1) is 24.2 Å². The Bertz CT molecular complexity index is 324. The Morgan fingerprint density at radius 1 is 1.35 bits per heavy atom. The van der Waals surface area contributed by atoms with Crippen LogP contribution < -0.4 is 5.32 Å². The van der Waals surface area contributed by atoms with Crippen LogP contribution in [0.2, 0.25) is 0 Å². The highest BCUT2D eigenvalue weighted by Crippen LogP contribution is 2.27. The zero-order valence-electron chi connectivity index (χ0n) is 11.3. The molecule has 0 aromatic rings. The number of rotatable bonds is 4. The van der Waals surface area contributed by atoms with Crippen molar-refractivity contribution in [1.82, 2.24) is 10.2 Å². The largest absolute Gasteiger partial charge is 0.466 e. The summed E-state index contributed by atoms with van der Waals surface area (Å²) in [4.78, 5) is 25.1. The molecule has 0 saturated carbocycles. The molecular weight excluding hydrogens is 220 g/mol. The Morgan fingerprint density at radius 2 is 1.94 bits per heavy atom. The third-order valence-electron chi connectivity index (χ3n) is 2.92. The number of ether oxygens (including phenoxy) is 1. The Labute approximate surface area is 102 Å². The van der Waals surface area contributed by atoms with E-state index in [0.717, 1.165) is 0 Å². The first kappa shape index (κ1) is 14.0. The van der Waals surface area contributed by atoms with E-state index in [0.29, 0.717) is 13.2 Å². The van der Waals surface area contributed by atoms with Gasteiger partial charge in [-0.1, -0.05) is 0 Å². The van der Waals surface area contributed by atoms with Crippen LogP contribution in [0.15, 0.2) is 0 Å². The number of nitrogens with one attached hydrogen (secondary N) is 1. The highest BCUT2D eigenvalue weighted by atomic mass is 16.5. The van der Waals surface area contributed by atoms with Crippen LogP contribution in [0.4, 0.5) is 0 Å². The van der Waals surface area contributed by atoms with Gasteiger partial charge in [-0.15, -0.1) is 0 Å². The highest BCUT2D eigenvalue weighted by molar-refractivity contribution is 5.88. The number of amides is 1. The second kappa shape index (κ2) is 4.64. The molecule has 1 aliphatic heterocycles. The molecule has 1 rings (SSSR count). The first-order valence-corrected chi connectivity index (χ1v) is 5.98. The molecule has 0 unspecified atom stereocenters. The van der Waals surface area contributed by atoms with Crippen molar-refractivity contribution in [2.24, 2.45) is 0 Å². The van der Waals surface area contributed by atoms with Gasteiger partial charge in [0.2, 0.25) is 5.91 Å². The van der Waals surface area contributed by atoms with Gasteiger partial charge in [-0.3, -0.25) is 14.9 Å². The molecule has 0 spiro atoms. The number of nitrogens with zero attached hydrogens (tertiary/aromatic N) is 1. The molecule has 17 heavy (non-hydrogen) atoms. The van der Waals surface area contributed by atoms with Gasteiger partial charge in [-0.2, -0.15) is 0 Å². The average molecular weight is 242 g/mol. The third kappa shape index (κ3) is 2.97. The van der Waals surface area contributed by atoms with Gasteiger partial charge in [-0.05, 0) is 34.6 Å². The van der Waals surface area contributed by atoms with Crippen molar-refractivity contribution in [3.63, 3.8) is 0 Å². The van der Waals surface area contributed by atoms with Gasteiger partial charge in [0, 0.05) is 6.54 Å². The SMILES string of the molecule is CCOC(=O)CCN1C(=O)C(C)(C)NC1(C)C. The van der Waals surface area contributed by atoms with Crippen molar-refractivity contribution in [2.45, 2.75) is 52.2 Å². The predicted molar refractivity (Wildman–Crippen MR) is 64.3 cm³/mol. The Balaban J connectivity index is 2.64. The molecule has 1 N–H and O–H groups in total. The van der Waals surface area contributed by atoms with Crippen LogP contribution in [-0.2, 0) is 14.3 Å². The summed E-state index contributed by atoms with van der Waals surface area (Å²) in [6.45, 7) is 10.1. The Kier molecular flexibility index (Phi) is 3.81. The maximum absolute atomic E-state index is 12.1. The Morgan fingerprint density at radius 3 is 2.35 bits per heavy atom. The van der Waals surface area contributed by atoms with E-state index < -0.39 is 11.2 Å². The molecule has 0 bridgehead atoms. The molecule has 5 heteroatoms. The van der Waals surface area contributed by atoms with E-state index in [2.05, 4.69) is 5.32 Å². The molecule has 1 saturated heterocycles. The van der Waals surface area contributed by atoms with Crippen LogP contribution in [0, 0.1) is 0 Å². The summed E-state index contributed by atoms with van der Waals surface area (Å²) in [5.41, 5.74) is -0.995. The van der Waals surface area contributed by atoms with Crippen LogP contribution in [-0.4, -0.2) is 41.1 Å². The summed E-state index contributed by atoms with van der Waals surface area (Å²) in [6.07, 6.45) is 0.237. The lowest BCUT2D eigenvalue weighted by atomic mass is 10.1. The quantitative estimate of drug-likeness (QED) is 0.744. The summed E-state index contributed by atoms with van der Waals surface area (Å²) in [5, 5.41) is 3.25. The first-order chi connectivity index (χ1) is 7.70. The molecule has 1 aliphatic rings. The van der Waals surface area contributed by atoms with Gasteiger partial charge in [-0.25, -0.2) is 0 Å². The fourth-order valence-electron chi connectivity index (χ4n) is 2.29. The van der Waals surface area contributed by atoms with Gasteiger partial charge >= 0.3 is 5.97 Å². The Hall–Kier alpha value is -1.10. The molecule has 0 radical (unpaired) electrons. The van der Waals surface area contributed by atoms with Gasteiger partial charge < -0.3 is 9.64 Å². The van der Waals surface area contributed by atoms with Crippen LogP contribution >= 0.6 is 0 Å². The smallest absolute Gasteiger partial charge is 0.307 e. The normalized spacial score (nSPS) is 21.7. The summed E-state index contributed by atoms with van der Waals surface area (Å²) in [7, 11) is 0. The number of carbonyl (C=O) groups excluding carboxylic acids is 2. The van der Waals surface area contributed by atoms with E-state index in [1.807, 2.05) is 27.7 Å². The number of hydrogen-bond acceptors (Lipinski definition) is 4.